The Labute approximate surface area is 396 Å². The third kappa shape index (κ3) is 6.89. The smallest absolute Gasteiger partial charge is 0.135 e. The number of hydrogen-bond donors (Lipinski definition) is 0. The van der Waals surface area contributed by atoms with E-state index in [4.69, 9.17) is 4.74 Å². The number of nitrogens with zero attached hydrogens (tertiary/aromatic N) is 1. The van der Waals surface area contributed by atoms with Crippen molar-refractivity contribution >= 4 is 60.2 Å². The first-order valence-electron chi connectivity index (χ1n) is 23.5. The number of rotatable bonds is 8. The van der Waals surface area contributed by atoms with Gasteiger partial charge in [-0.1, -0.05) is 212 Å². The quantitative estimate of drug-likeness (QED) is 0.141. The van der Waals surface area contributed by atoms with Gasteiger partial charge in [0.2, 0.25) is 0 Å². The Morgan fingerprint density at radius 3 is 1.56 bits per heavy atom. The Morgan fingerprint density at radius 2 is 0.794 bits per heavy atom. The van der Waals surface area contributed by atoms with Crippen molar-refractivity contribution in [2.24, 2.45) is 0 Å². The van der Waals surface area contributed by atoms with Gasteiger partial charge in [-0.05, 0) is 131 Å². The summed E-state index contributed by atoms with van der Waals surface area (Å²) in [6, 6.07) is 94.9. The molecule has 0 aromatic heterocycles. The van der Waals surface area contributed by atoms with Crippen molar-refractivity contribution in [3.8, 4) is 39.1 Å². The van der Waals surface area contributed by atoms with Crippen LogP contribution in [0.2, 0.25) is 0 Å². The van der Waals surface area contributed by atoms with Crippen LogP contribution in [-0.2, 0) is 0 Å². The van der Waals surface area contributed by atoms with Gasteiger partial charge in [-0.25, -0.2) is 0 Å². The van der Waals surface area contributed by atoms with Crippen molar-refractivity contribution in [3.05, 3.63) is 278 Å². The molecule has 0 saturated carbocycles. The zero-order chi connectivity index (χ0) is 45.0. The highest BCUT2D eigenvalue weighted by Gasteiger charge is 2.39. The van der Waals surface area contributed by atoms with Gasteiger partial charge in [0.1, 0.15) is 11.9 Å². The van der Waals surface area contributed by atoms with Crippen LogP contribution in [0.25, 0.3) is 76.5 Å². The minimum atomic E-state index is -0.138. The monoisotopic (exact) mass is 867 g/mol. The Hall–Kier alpha value is -8.72. The van der Waals surface area contributed by atoms with Crippen LogP contribution in [0, 0.1) is 0 Å². The molecule has 1 heterocycles. The summed E-state index contributed by atoms with van der Waals surface area (Å²) in [6.45, 7) is 0. The van der Waals surface area contributed by atoms with E-state index in [0.717, 1.165) is 39.3 Å². The molecule has 0 saturated heterocycles. The van der Waals surface area contributed by atoms with E-state index in [1.807, 2.05) is 0 Å². The van der Waals surface area contributed by atoms with E-state index < -0.39 is 0 Å². The summed E-state index contributed by atoms with van der Waals surface area (Å²) >= 11 is 0. The lowest BCUT2D eigenvalue weighted by atomic mass is 9.81. The first-order chi connectivity index (χ1) is 33.7. The first kappa shape index (κ1) is 39.6. The number of benzene rings is 12. The van der Waals surface area contributed by atoms with Crippen LogP contribution in [-0.4, -0.2) is 0 Å². The maximum absolute atomic E-state index is 7.16. The van der Waals surface area contributed by atoms with E-state index in [1.165, 1.54) is 76.6 Å². The van der Waals surface area contributed by atoms with Crippen molar-refractivity contribution in [2.75, 3.05) is 4.90 Å². The molecule has 0 aliphatic carbocycles. The summed E-state index contributed by atoms with van der Waals surface area (Å²) in [5, 5.41) is 9.80. The Morgan fingerprint density at radius 1 is 0.279 bits per heavy atom. The molecule has 12 aromatic rings. The second-order valence-corrected chi connectivity index (χ2v) is 18.0. The summed E-state index contributed by atoms with van der Waals surface area (Å²) in [7, 11) is 0. The van der Waals surface area contributed by atoms with E-state index in [9.17, 15) is 0 Å². The Balaban J connectivity index is 0.902. The van der Waals surface area contributed by atoms with Crippen molar-refractivity contribution in [1.29, 1.82) is 0 Å². The van der Waals surface area contributed by atoms with Crippen LogP contribution < -0.4 is 9.64 Å². The second-order valence-electron chi connectivity index (χ2n) is 18.0. The van der Waals surface area contributed by atoms with Gasteiger partial charge in [0.25, 0.3) is 0 Å². The molecule has 1 aliphatic heterocycles. The number of fused-ring (bicyclic) bond motifs is 9. The highest BCUT2D eigenvalue weighted by atomic mass is 16.5. The predicted molar refractivity (Wildman–Crippen MR) is 286 cm³/mol. The molecule has 2 unspecified atom stereocenters. The maximum atomic E-state index is 7.16. The van der Waals surface area contributed by atoms with Crippen LogP contribution in [0.4, 0.5) is 17.1 Å². The van der Waals surface area contributed by atoms with Gasteiger partial charge in [-0.2, -0.15) is 0 Å². The summed E-state index contributed by atoms with van der Waals surface area (Å²) in [6.07, 6.45) is -0.138. The fourth-order valence-corrected chi connectivity index (χ4v) is 10.8. The average molecular weight is 868 g/mol. The molecule has 320 valence electrons. The van der Waals surface area contributed by atoms with Crippen LogP contribution in [0.1, 0.15) is 28.7 Å². The second kappa shape index (κ2) is 16.6. The molecule has 12 aromatic carbocycles. The lowest BCUT2D eigenvalue weighted by Crippen LogP contribution is -2.11. The Bertz CT molecular complexity index is 3830. The molecule has 13 rings (SSSR count). The van der Waals surface area contributed by atoms with Gasteiger partial charge in [0.15, 0.2) is 0 Å². The van der Waals surface area contributed by atoms with Crippen molar-refractivity contribution in [3.63, 3.8) is 0 Å². The molecular weight excluding hydrogens is 823 g/mol. The zero-order valence-electron chi connectivity index (χ0n) is 37.3. The van der Waals surface area contributed by atoms with E-state index in [-0.39, 0.29) is 12.0 Å². The predicted octanol–water partition coefficient (Wildman–Crippen LogP) is 18.0. The normalized spacial score (nSPS) is 14.3. The van der Waals surface area contributed by atoms with Crippen LogP contribution in [0.3, 0.4) is 0 Å². The van der Waals surface area contributed by atoms with Gasteiger partial charge in [-0.15, -0.1) is 0 Å². The molecule has 2 nitrogen and oxygen atoms in total. The van der Waals surface area contributed by atoms with Crippen molar-refractivity contribution in [2.45, 2.75) is 12.0 Å². The topological polar surface area (TPSA) is 12.5 Å². The number of anilines is 3. The summed E-state index contributed by atoms with van der Waals surface area (Å²) in [5.74, 6) is 1.04. The lowest BCUT2D eigenvalue weighted by molar-refractivity contribution is 0.224. The maximum Gasteiger partial charge on any atom is 0.135 e. The third-order valence-electron chi connectivity index (χ3n) is 14.0. The standard InChI is InChI=1S/C66H45NO/c1-4-16-44(17-5-1)45-32-35-54(36-33-45)67(56-37-39-58-53(42-56)31-30-46-18-10-11-27-57(46)58)55-26-15-25-51(41-55)49-23-14-24-50(40-49)52-34-38-61-62(43-52)59-28-12-13-29-60(59)64-63(47-19-6-2-7-20-47)65(68-66(61)64)48-21-8-3-9-22-48/h1-43,63,65H. The summed E-state index contributed by atoms with van der Waals surface area (Å²) < 4.78 is 7.16. The van der Waals surface area contributed by atoms with E-state index in [0.29, 0.717) is 0 Å². The average Bonchev–Trinajstić information content (AvgIpc) is 3.83. The largest absolute Gasteiger partial charge is 0.484 e. The molecule has 0 fully saturated rings. The van der Waals surface area contributed by atoms with Gasteiger partial charge in [0.05, 0.1) is 5.92 Å². The zero-order valence-corrected chi connectivity index (χ0v) is 37.3. The van der Waals surface area contributed by atoms with E-state index in [2.05, 4.69) is 266 Å². The molecule has 0 spiro atoms. The molecule has 2 atom stereocenters. The highest BCUT2D eigenvalue weighted by molar-refractivity contribution is 6.14. The fourth-order valence-electron chi connectivity index (χ4n) is 10.8. The molecule has 0 N–H and O–H groups in total. The van der Waals surface area contributed by atoms with Crippen LogP contribution >= 0.6 is 0 Å². The van der Waals surface area contributed by atoms with E-state index >= 15 is 0 Å². The SMILES string of the molecule is c1ccc(-c2ccc(N(c3cccc(-c4cccc(-c5ccc6c7c(c8ccccc8c6c5)C(c5ccccc5)C(c5ccccc5)O7)c4)c3)c3ccc4c(ccc5ccccc54)c3)cc2)cc1. The number of ether oxygens (including phenoxy) is 1. The van der Waals surface area contributed by atoms with Crippen LogP contribution in [0.15, 0.2) is 261 Å². The highest BCUT2D eigenvalue weighted by Crippen LogP contribution is 2.55. The molecule has 68 heavy (non-hydrogen) atoms. The third-order valence-corrected chi connectivity index (χ3v) is 14.0. The van der Waals surface area contributed by atoms with Crippen molar-refractivity contribution in [1.82, 2.24) is 0 Å². The Kier molecular flexibility index (Phi) is 9.68. The van der Waals surface area contributed by atoms with Crippen molar-refractivity contribution < 1.29 is 4.74 Å². The summed E-state index contributed by atoms with van der Waals surface area (Å²) in [5.41, 5.74) is 14.0. The minimum Gasteiger partial charge on any atom is -0.484 e. The van der Waals surface area contributed by atoms with Gasteiger partial charge in [0, 0.05) is 28.0 Å². The fraction of sp³-hybridized carbons (Fsp3) is 0.0303. The van der Waals surface area contributed by atoms with Crippen LogP contribution in [0.5, 0.6) is 5.75 Å². The molecule has 1 aliphatic rings. The van der Waals surface area contributed by atoms with Gasteiger partial charge < -0.3 is 9.64 Å². The first-order valence-corrected chi connectivity index (χ1v) is 23.5. The molecular formula is C66H45NO. The summed E-state index contributed by atoms with van der Waals surface area (Å²) in [4.78, 5) is 2.39. The molecule has 2 heteroatoms. The van der Waals surface area contributed by atoms with Gasteiger partial charge >= 0.3 is 0 Å². The lowest BCUT2D eigenvalue weighted by Gasteiger charge is -2.27. The number of hydrogen-bond acceptors (Lipinski definition) is 2. The minimum absolute atomic E-state index is 0.0566. The van der Waals surface area contributed by atoms with E-state index in [1.54, 1.807) is 0 Å². The molecule has 0 radical (unpaired) electrons. The van der Waals surface area contributed by atoms with Gasteiger partial charge in [-0.3, -0.25) is 0 Å². The molecule has 0 amide bonds. The molecule has 0 bridgehead atoms.